The molecule has 2 nitrogen and oxygen atoms in total. The molecule has 0 saturated carbocycles. The van der Waals surface area contributed by atoms with E-state index in [9.17, 15) is 4.79 Å². The molecule has 2 aromatic carbocycles. The molecular formula is C17H17BrClNO. The molecule has 21 heavy (non-hydrogen) atoms. The highest BCUT2D eigenvalue weighted by molar-refractivity contribution is 9.10. The Morgan fingerprint density at radius 2 is 1.76 bits per heavy atom. The van der Waals surface area contributed by atoms with E-state index >= 15 is 0 Å². The molecule has 0 radical (unpaired) electrons. The number of nitrogens with two attached hydrogens (primary N) is 1. The third kappa shape index (κ3) is 3.20. The number of fused-ring (bicyclic) bond motifs is 1. The van der Waals surface area contributed by atoms with Crippen molar-refractivity contribution in [1.29, 1.82) is 0 Å². The highest BCUT2D eigenvalue weighted by Crippen LogP contribution is 2.34. The van der Waals surface area contributed by atoms with Crippen LogP contribution in [0.4, 0.5) is 0 Å². The summed E-state index contributed by atoms with van der Waals surface area (Å²) in [5, 5.41) is 0. The quantitative estimate of drug-likeness (QED) is 0.777. The van der Waals surface area contributed by atoms with Crippen molar-refractivity contribution in [2.24, 2.45) is 5.73 Å². The molecule has 4 heteroatoms. The molecule has 1 unspecified atom stereocenters. The maximum absolute atomic E-state index is 12.0. The molecule has 2 N–H and O–H groups in total. The Morgan fingerprint density at radius 1 is 1.05 bits per heavy atom. The molecule has 110 valence electrons. The Morgan fingerprint density at radius 3 is 2.48 bits per heavy atom. The van der Waals surface area contributed by atoms with Gasteiger partial charge in [-0.3, -0.25) is 4.79 Å². The van der Waals surface area contributed by atoms with Crippen LogP contribution in [0.3, 0.4) is 0 Å². The van der Waals surface area contributed by atoms with Crippen molar-refractivity contribution in [3.05, 3.63) is 58.1 Å². The Kier molecular flexibility index (Phi) is 5.20. The van der Waals surface area contributed by atoms with Crippen LogP contribution in [0.15, 0.2) is 46.9 Å². The minimum Gasteiger partial charge on any atom is -0.321 e. The average molecular weight is 367 g/mol. The predicted octanol–water partition coefficient (Wildman–Crippen LogP) is 3.92. The van der Waals surface area contributed by atoms with Gasteiger partial charge in [-0.1, -0.05) is 52.3 Å². The lowest BCUT2D eigenvalue weighted by atomic mass is 9.92. The van der Waals surface area contributed by atoms with Gasteiger partial charge in [-0.15, -0.1) is 12.4 Å². The van der Waals surface area contributed by atoms with Crippen LogP contribution in [-0.4, -0.2) is 11.8 Å². The maximum Gasteiger partial charge on any atom is 0.153 e. The van der Waals surface area contributed by atoms with E-state index in [0.29, 0.717) is 6.42 Å². The molecular weight excluding hydrogens is 350 g/mol. The fourth-order valence-corrected chi connectivity index (χ4v) is 3.31. The summed E-state index contributed by atoms with van der Waals surface area (Å²) >= 11 is 3.58. The second-order valence-electron chi connectivity index (χ2n) is 5.21. The van der Waals surface area contributed by atoms with Gasteiger partial charge in [-0.05, 0) is 41.2 Å². The largest absolute Gasteiger partial charge is 0.321 e. The summed E-state index contributed by atoms with van der Waals surface area (Å²) in [4.78, 5) is 12.0. The zero-order chi connectivity index (χ0) is 14.1. The van der Waals surface area contributed by atoms with Gasteiger partial charge >= 0.3 is 0 Å². The summed E-state index contributed by atoms with van der Waals surface area (Å²) in [6.07, 6.45) is 2.01. The van der Waals surface area contributed by atoms with Crippen molar-refractivity contribution < 1.29 is 4.79 Å². The number of Topliss-reactive ketones (excluding diaryl/α,β-unsaturated/α-hetero) is 1. The monoisotopic (exact) mass is 365 g/mol. The summed E-state index contributed by atoms with van der Waals surface area (Å²) in [5.74, 6) is 0.134. The smallest absolute Gasteiger partial charge is 0.153 e. The number of carbonyl (C=O) groups is 1. The molecule has 0 saturated heterocycles. The number of benzene rings is 2. The molecule has 0 amide bonds. The van der Waals surface area contributed by atoms with Crippen molar-refractivity contribution in [2.45, 2.75) is 25.3 Å². The van der Waals surface area contributed by atoms with Crippen molar-refractivity contribution in [3.63, 3.8) is 0 Å². The first kappa shape index (κ1) is 16.2. The molecule has 0 aromatic heterocycles. The van der Waals surface area contributed by atoms with E-state index in [4.69, 9.17) is 5.73 Å². The van der Waals surface area contributed by atoms with Gasteiger partial charge in [0.2, 0.25) is 0 Å². The predicted molar refractivity (Wildman–Crippen MR) is 91.8 cm³/mol. The average Bonchev–Trinajstić information content (AvgIpc) is 2.62. The molecule has 1 atom stereocenters. The van der Waals surface area contributed by atoms with E-state index < -0.39 is 0 Å². The fraction of sp³-hybridized carbons (Fsp3) is 0.235. The number of hydrogen-bond donors (Lipinski definition) is 1. The topological polar surface area (TPSA) is 43.1 Å². The number of rotatable bonds is 1. The molecule has 1 aliphatic carbocycles. The maximum atomic E-state index is 12.0. The third-order valence-electron chi connectivity index (χ3n) is 3.93. The molecule has 0 fully saturated rings. The van der Waals surface area contributed by atoms with Crippen molar-refractivity contribution in [1.82, 2.24) is 0 Å². The van der Waals surface area contributed by atoms with E-state index in [2.05, 4.69) is 34.1 Å². The van der Waals surface area contributed by atoms with Gasteiger partial charge < -0.3 is 5.73 Å². The van der Waals surface area contributed by atoms with Crippen LogP contribution in [0, 0.1) is 0 Å². The van der Waals surface area contributed by atoms with Crippen LogP contribution < -0.4 is 5.73 Å². The molecule has 3 rings (SSSR count). The molecule has 0 bridgehead atoms. The first-order chi connectivity index (χ1) is 9.66. The lowest BCUT2D eigenvalue weighted by Crippen LogP contribution is -2.30. The van der Waals surface area contributed by atoms with Crippen LogP contribution in [0.1, 0.15) is 17.5 Å². The van der Waals surface area contributed by atoms with Gasteiger partial charge in [-0.2, -0.15) is 0 Å². The molecule has 1 aliphatic rings. The van der Waals surface area contributed by atoms with Crippen LogP contribution in [0.5, 0.6) is 0 Å². The fourth-order valence-electron chi connectivity index (χ4n) is 2.80. The van der Waals surface area contributed by atoms with E-state index in [1.54, 1.807) is 0 Å². The van der Waals surface area contributed by atoms with Crippen LogP contribution >= 0.6 is 28.3 Å². The van der Waals surface area contributed by atoms with E-state index in [1.165, 1.54) is 16.7 Å². The Hall–Kier alpha value is -1.16. The van der Waals surface area contributed by atoms with Crippen LogP contribution in [0.2, 0.25) is 0 Å². The third-order valence-corrected chi connectivity index (χ3v) is 4.67. The van der Waals surface area contributed by atoms with Crippen molar-refractivity contribution >= 4 is 34.1 Å². The van der Waals surface area contributed by atoms with Gasteiger partial charge in [0.25, 0.3) is 0 Å². The lowest BCUT2D eigenvalue weighted by molar-refractivity contribution is -0.119. The minimum atomic E-state index is -0.335. The van der Waals surface area contributed by atoms with Gasteiger partial charge in [0.1, 0.15) is 0 Å². The zero-order valence-electron chi connectivity index (χ0n) is 11.5. The second-order valence-corrected chi connectivity index (χ2v) is 6.06. The molecule has 0 spiro atoms. The normalized spacial score (nSPS) is 17.6. The van der Waals surface area contributed by atoms with Gasteiger partial charge in [0, 0.05) is 10.9 Å². The Labute approximate surface area is 139 Å². The van der Waals surface area contributed by atoms with Crippen LogP contribution in [0.25, 0.3) is 11.1 Å². The molecule has 0 heterocycles. The first-order valence-electron chi connectivity index (χ1n) is 6.81. The minimum absolute atomic E-state index is 0. The number of halogens is 2. The first-order valence-corrected chi connectivity index (χ1v) is 7.60. The highest BCUT2D eigenvalue weighted by Gasteiger charge is 2.24. The summed E-state index contributed by atoms with van der Waals surface area (Å²) < 4.78 is 1.01. The lowest BCUT2D eigenvalue weighted by Gasteiger charge is -2.14. The molecule has 2 aromatic rings. The summed E-state index contributed by atoms with van der Waals surface area (Å²) in [5.41, 5.74) is 10.7. The van der Waals surface area contributed by atoms with Gasteiger partial charge in [0.05, 0.1) is 6.04 Å². The van der Waals surface area contributed by atoms with Crippen LogP contribution in [-0.2, 0) is 17.6 Å². The number of ketones is 1. The SMILES string of the molecule is Cl.NC1CCc2c(-c3ccccc3)ccc(Br)c2CC1=O. The van der Waals surface area contributed by atoms with Crippen molar-refractivity contribution in [3.8, 4) is 11.1 Å². The van der Waals surface area contributed by atoms with Crippen molar-refractivity contribution in [2.75, 3.05) is 0 Å². The van der Waals surface area contributed by atoms with E-state index in [0.717, 1.165) is 22.9 Å². The Bertz CT molecular complexity index is 657. The summed E-state index contributed by atoms with van der Waals surface area (Å²) in [7, 11) is 0. The van der Waals surface area contributed by atoms with Gasteiger partial charge in [-0.25, -0.2) is 0 Å². The number of hydrogen-bond acceptors (Lipinski definition) is 2. The Balaban J connectivity index is 0.00000161. The van der Waals surface area contributed by atoms with E-state index in [-0.39, 0.29) is 24.2 Å². The highest BCUT2D eigenvalue weighted by atomic mass is 79.9. The molecule has 0 aliphatic heterocycles. The zero-order valence-corrected chi connectivity index (χ0v) is 13.9. The standard InChI is InChI=1S/C17H16BrNO.ClH/c18-15-8-6-12(11-4-2-1-3-5-11)13-7-9-16(19)17(20)10-14(13)15;/h1-6,8,16H,7,9-10,19H2;1H. The second kappa shape index (κ2) is 6.73. The van der Waals surface area contributed by atoms with E-state index in [1.807, 2.05) is 24.3 Å². The summed E-state index contributed by atoms with van der Waals surface area (Å²) in [6, 6.07) is 14.1. The number of carbonyl (C=O) groups excluding carboxylic acids is 1. The van der Waals surface area contributed by atoms with Gasteiger partial charge in [0.15, 0.2) is 5.78 Å². The summed E-state index contributed by atoms with van der Waals surface area (Å²) in [6.45, 7) is 0.